The second-order valence-electron chi connectivity index (χ2n) is 6.03. The first-order valence-electron chi connectivity index (χ1n) is 7.89. The third kappa shape index (κ3) is 3.81. The Morgan fingerprint density at radius 1 is 1.20 bits per heavy atom. The molecule has 1 aromatic rings. The third-order valence-corrected chi connectivity index (χ3v) is 4.66. The van der Waals surface area contributed by atoms with Crippen LogP contribution >= 0.6 is 0 Å². The van der Waals surface area contributed by atoms with Gasteiger partial charge in [0.2, 0.25) is 0 Å². The van der Waals surface area contributed by atoms with E-state index in [0.717, 1.165) is 12.6 Å². The van der Waals surface area contributed by atoms with Gasteiger partial charge in [0.15, 0.2) is 0 Å². The molecule has 1 aromatic carbocycles. The molecule has 1 aliphatic heterocycles. The number of rotatable bonds is 5. The number of hydrogen-bond donors (Lipinski definition) is 1. The minimum atomic E-state index is 0.634. The highest BCUT2D eigenvalue weighted by Gasteiger charge is 2.20. The van der Waals surface area contributed by atoms with Crippen molar-refractivity contribution in [3.05, 3.63) is 34.9 Å². The molecule has 2 N–H and O–H groups in total. The molecule has 1 atom stereocenters. The van der Waals surface area contributed by atoms with Gasteiger partial charge in [0, 0.05) is 45.3 Å². The summed E-state index contributed by atoms with van der Waals surface area (Å²) in [4.78, 5) is 5.18. The van der Waals surface area contributed by atoms with E-state index in [1.54, 1.807) is 0 Å². The van der Waals surface area contributed by atoms with Crippen LogP contribution in [0.25, 0.3) is 0 Å². The molecule has 1 saturated heterocycles. The lowest BCUT2D eigenvalue weighted by molar-refractivity contribution is 0.0962. The maximum Gasteiger partial charge on any atom is 0.0237 e. The summed E-state index contributed by atoms with van der Waals surface area (Å²) in [6.45, 7) is 13.3. The van der Waals surface area contributed by atoms with Crippen molar-refractivity contribution in [3.63, 3.8) is 0 Å². The lowest BCUT2D eigenvalue weighted by Crippen LogP contribution is -2.49. The largest absolute Gasteiger partial charge is 0.326 e. The van der Waals surface area contributed by atoms with Gasteiger partial charge in [-0.3, -0.25) is 9.80 Å². The van der Waals surface area contributed by atoms with Crippen LogP contribution in [0.1, 0.15) is 37.0 Å². The quantitative estimate of drug-likeness (QED) is 0.895. The van der Waals surface area contributed by atoms with Crippen molar-refractivity contribution in [2.24, 2.45) is 5.73 Å². The molecular formula is C17H29N3. The van der Waals surface area contributed by atoms with E-state index in [0.29, 0.717) is 6.54 Å². The Morgan fingerprint density at radius 2 is 1.90 bits per heavy atom. The lowest BCUT2D eigenvalue weighted by atomic mass is 10.0. The topological polar surface area (TPSA) is 32.5 Å². The Bertz CT molecular complexity index is 422. The predicted molar refractivity (Wildman–Crippen MR) is 85.7 cm³/mol. The van der Waals surface area contributed by atoms with E-state index in [1.165, 1.54) is 49.3 Å². The van der Waals surface area contributed by atoms with Gasteiger partial charge in [-0.2, -0.15) is 0 Å². The average molecular weight is 275 g/mol. The average Bonchev–Trinajstić information content (AvgIpc) is 2.49. The monoisotopic (exact) mass is 275 g/mol. The van der Waals surface area contributed by atoms with E-state index in [-0.39, 0.29) is 0 Å². The van der Waals surface area contributed by atoms with Crippen molar-refractivity contribution in [2.45, 2.75) is 46.3 Å². The maximum absolute atomic E-state index is 5.69. The van der Waals surface area contributed by atoms with Crippen LogP contribution in [0.4, 0.5) is 0 Å². The molecule has 3 nitrogen and oxygen atoms in total. The Labute approximate surface area is 123 Å². The van der Waals surface area contributed by atoms with Gasteiger partial charge >= 0.3 is 0 Å². The zero-order valence-corrected chi connectivity index (χ0v) is 13.2. The second-order valence-corrected chi connectivity index (χ2v) is 6.03. The van der Waals surface area contributed by atoms with Gasteiger partial charge in [-0.1, -0.05) is 25.1 Å². The van der Waals surface area contributed by atoms with E-state index in [4.69, 9.17) is 5.73 Å². The van der Waals surface area contributed by atoms with Crippen molar-refractivity contribution in [3.8, 4) is 0 Å². The molecule has 1 fully saturated rings. The number of hydrogen-bond acceptors (Lipinski definition) is 3. The molecule has 20 heavy (non-hydrogen) atoms. The van der Waals surface area contributed by atoms with E-state index in [1.807, 2.05) is 0 Å². The summed E-state index contributed by atoms with van der Waals surface area (Å²) >= 11 is 0. The summed E-state index contributed by atoms with van der Waals surface area (Å²) in [5.74, 6) is 0. The van der Waals surface area contributed by atoms with Crippen molar-refractivity contribution in [1.82, 2.24) is 9.80 Å². The standard InChI is InChI=1S/C17H29N3/c1-4-15(3)20-9-7-19(8-10-20)13-17-6-5-16(12-18)11-14(17)2/h5-6,11,15H,4,7-10,12-13,18H2,1-3H3. The van der Waals surface area contributed by atoms with Crippen molar-refractivity contribution < 1.29 is 0 Å². The highest BCUT2D eigenvalue weighted by atomic mass is 15.3. The van der Waals surface area contributed by atoms with Gasteiger partial charge in [0.1, 0.15) is 0 Å². The van der Waals surface area contributed by atoms with Crippen LogP contribution < -0.4 is 5.73 Å². The summed E-state index contributed by atoms with van der Waals surface area (Å²) < 4.78 is 0. The van der Waals surface area contributed by atoms with Gasteiger partial charge in [-0.15, -0.1) is 0 Å². The van der Waals surface area contributed by atoms with Crippen molar-refractivity contribution >= 4 is 0 Å². The Kier molecular flexibility index (Phi) is 5.58. The molecule has 0 saturated carbocycles. The summed E-state index contributed by atoms with van der Waals surface area (Å²) in [6, 6.07) is 7.36. The predicted octanol–water partition coefficient (Wildman–Crippen LogP) is 2.37. The van der Waals surface area contributed by atoms with E-state index in [2.05, 4.69) is 48.8 Å². The molecule has 0 aliphatic carbocycles. The molecule has 3 heteroatoms. The van der Waals surface area contributed by atoms with Gasteiger partial charge in [0.05, 0.1) is 0 Å². The van der Waals surface area contributed by atoms with Gasteiger partial charge < -0.3 is 5.73 Å². The highest BCUT2D eigenvalue weighted by Crippen LogP contribution is 2.16. The fourth-order valence-corrected chi connectivity index (χ4v) is 2.92. The number of piperazine rings is 1. The number of benzene rings is 1. The molecule has 112 valence electrons. The number of nitrogens with zero attached hydrogens (tertiary/aromatic N) is 2. The smallest absolute Gasteiger partial charge is 0.0237 e. The van der Waals surface area contributed by atoms with Crippen LogP contribution in [0, 0.1) is 6.92 Å². The molecule has 0 aromatic heterocycles. The summed E-state index contributed by atoms with van der Waals surface area (Å²) in [7, 11) is 0. The van der Waals surface area contributed by atoms with Crippen molar-refractivity contribution in [1.29, 1.82) is 0 Å². The van der Waals surface area contributed by atoms with Crippen molar-refractivity contribution in [2.75, 3.05) is 26.2 Å². The van der Waals surface area contributed by atoms with Crippen LogP contribution in [-0.2, 0) is 13.1 Å². The second kappa shape index (κ2) is 7.21. The zero-order valence-electron chi connectivity index (χ0n) is 13.2. The minimum absolute atomic E-state index is 0.634. The normalized spacial score (nSPS) is 19.2. The first kappa shape index (κ1) is 15.5. The number of aryl methyl sites for hydroxylation is 1. The molecule has 1 heterocycles. The Morgan fingerprint density at radius 3 is 2.45 bits per heavy atom. The molecule has 0 spiro atoms. The number of nitrogens with two attached hydrogens (primary N) is 1. The van der Waals surface area contributed by atoms with Gasteiger partial charge in [-0.25, -0.2) is 0 Å². The van der Waals surface area contributed by atoms with Crippen LogP contribution in [-0.4, -0.2) is 42.0 Å². The Hall–Kier alpha value is -0.900. The minimum Gasteiger partial charge on any atom is -0.326 e. The highest BCUT2D eigenvalue weighted by molar-refractivity contribution is 5.31. The van der Waals surface area contributed by atoms with Crippen LogP contribution in [0.2, 0.25) is 0 Å². The van der Waals surface area contributed by atoms with Crippen LogP contribution in [0.5, 0.6) is 0 Å². The lowest BCUT2D eigenvalue weighted by Gasteiger charge is -2.38. The SMILES string of the molecule is CCC(C)N1CCN(Cc2ccc(CN)cc2C)CC1. The van der Waals surface area contributed by atoms with Crippen LogP contribution in [0.15, 0.2) is 18.2 Å². The molecule has 0 bridgehead atoms. The molecule has 0 radical (unpaired) electrons. The van der Waals surface area contributed by atoms with Gasteiger partial charge in [-0.05, 0) is 37.0 Å². The van der Waals surface area contributed by atoms with Crippen LogP contribution in [0.3, 0.4) is 0 Å². The fourth-order valence-electron chi connectivity index (χ4n) is 2.92. The molecule has 0 amide bonds. The fraction of sp³-hybridized carbons (Fsp3) is 0.647. The summed E-state index contributed by atoms with van der Waals surface area (Å²) in [5, 5.41) is 0. The zero-order chi connectivity index (χ0) is 14.5. The molecule has 1 aliphatic rings. The first-order valence-corrected chi connectivity index (χ1v) is 7.89. The molecule has 2 rings (SSSR count). The maximum atomic E-state index is 5.69. The van der Waals surface area contributed by atoms with E-state index >= 15 is 0 Å². The van der Waals surface area contributed by atoms with Gasteiger partial charge in [0.25, 0.3) is 0 Å². The summed E-state index contributed by atoms with van der Waals surface area (Å²) in [5.41, 5.74) is 9.74. The van der Waals surface area contributed by atoms with E-state index in [9.17, 15) is 0 Å². The Balaban J connectivity index is 1.89. The third-order valence-electron chi connectivity index (χ3n) is 4.66. The molecule has 1 unspecified atom stereocenters. The molecular weight excluding hydrogens is 246 g/mol. The first-order chi connectivity index (χ1) is 9.63. The van der Waals surface area contributed by atoms with E-state index < -0.39 is 0 Å². The summed E-state index contributed by atoms with van der Waals surface area (Å²) in [6.07, 6.45) is 1.25.